The SMILES string of the molecule is COC(=O)Nc1cc(-c2sc(-c3ncn(C4CCCCO4)n3)c(C(O)CO)c2C#N)ccn1. The van der Waals surface area contributed by atoms with E-state index in [1.807, 2.05) is 0 Å². The number of nitrogens with one attached hydrogen (secondary N) is 1. The summed E-state index contributed by atoms with van der Waals surface area (Å²) in [5.74, 6) is 0.556. The minimum absolute atomic E-state index is 0.192. The van der Waals surface area contributed by atoms with E-state index < -0.39 is 18.8 Å². The fraction of sp³-hybridized carbons (Fsp3) is 0.381. The van der Waals surface area contributed by atoms with Gasteiger partial charge in [-0.2, -0.15) is 5.26 Å². The van der Waals surface area contributed by atoms with Crippen LogP contribution in [0.3, 0.4) is 0 Å². The first-order valence-corrected chi connectivity index (χ1v) is 11.1. The smallest absolute Gasteiger partial charge is 0.412 e. The van der Waals surface area contributed by atoms with Crippen molar-refractivity contribution in [3.8, 4) is 27.2 Å². The van der Waals surface area contributed by atoms with E-state index in [4.69, 9.17) is 4.74 Å². The minimum Gasteiger partial charge on any atom is -0.453 e. The van der Waals surface area contributed by atoms with Crippen LogP contribution >= 0.6 is 11.3 Å². The van der Waals surface area contributed by atoms with Crippen LogP contribution in [0.15, 0.2) is 24.7 Å². The first-order valence-electron chi connectivity index (χ1n) is 10.3. The standard InChI is InChI=1S/C21H22N6O5S/c1-31-21(30)25-15-8-12(5-6-23-15)18-13(9-22)17(14(29)10-28)19(33-18)20-24-11-27(26-20)16-4-2-3-7-32-16/h5-6,8,11,14,16,28-29H,2-4,7,10H2,1H3,(H,23,25,30). The zero-order valence-electron chi connectivity index (χ0n) is 17.8. The van der Waals surface area contributed by atoms with Gasteiger partial charge in [0, 0.05) is 18.4 Å². The second kappa shape index (κ2) is 10.1. The van der Waals surface area contributed by atoms with Gasteiger partial charge in [0.15, 0.2) is 12.1 Å². The molecule has 0 aliphatic carbocycles. The van der Waals surface area contributed by atoms with Crippen LogP contribution in [0.4, 0.5) is 10.6 Å². The number of hydrogen-bond acceptors (Lipinski definition) is 10. The van der Waals surface area contributed by atoms with Gasteiger partial charge in [0.1, 0.15) is 24.3 Å². The summed E-state index contributed by atoms with van der Waals surface area (Å²) in [6.07, 6.45) is 3.71. The average molecular weight is 471 g/mol. The van der Waals surface area contributed by atoms with Gasteiger partial charge in [0.25, 0.3) is 0 Å². The van der Waals surface area contributed by atoms with Crippen molar-refractivity contribution >= 4 is 23.2 Å². The van der Waals surface area contributed by atoms with Crippen molar-refractivity contribution in [2.24, 2.45) is 0 Å². The molecule has 0 bridgehead atoms. The number of rotatable bonds is 6. The highest BCUT2D eigenvalue weighted by molar-refractivity contribution is 7.19. The number of aliphatic hydroxyl groups is 2. The molecule has 0 radical (unpaired) electrons. The summed E-state index contributed by atoms with van der Waals surface area (Å²) in [5, 5.41) is 37.1. The summed E-state index contributed by atoms with van der Waals surface area (Å²) in [4.78, 5) is 21.0. The van der Waals surface area contributed by atoms with E-state index in [2.05, 4.69) is 31.2 Å². The van der Waals surface area contributed by atoms with Crippen molar-refractivity contribution in [2.75, 3.05) is 25.6 Å². The van der Waals surface area contributed by atoms with Crippen molar-refractivity contribution in [2.45, 2.75) is 31.6 Å². The molecule has 1 aliphatic rings. The predicted octanol–water partition coefficient (Wildman–Crippen LogP) is 2.84. The molecule has 4 rings (SSSR count). The zero-order valence-corrected chi connectivity index (χ0v) is 18.6. The molecule has 0 spiro atoms. The molecule has 33 heavy (non-hydrogen) atoms. The third kappa shape index (κ3) is 4.71. The van der Waals surface area contributed by atoms with Crippen LogP contribution in [0.2, 0.25) is 0 Å². The van der Waals surface area contributed by atoms with Gasteiger partial charge in [-0.3, -0.25) is 5.32 Å². The number of amides is 1. The van der Waals surface area contributed by atoms with Gasteiger partial charge in [-0.05, 0) is 37.0 Å². The Morgan fingerprint density at radius 3 is 3.00 bits per heavy atom. The van der Waals surface area contributed by atoms with Crippen LogP contribution in [-0.2, 0) is 9.47 Å². The highest BCUT2D eigenvalue weighted by atomic mass is 32.1. The number of carbonyl (C=O) groups is 1. The number of aliphatic hydroxyl groups excluding tert-OH is 2. The normalized spacial score (nSPS) is 16.7. The second-order valence-corrected chi connectivity index (χ2v) is 8.30. The van der Waals surface area contributed by atoms with E-state index >= 15 is 0 Å². The molecule has 0 saturated carbocycles. The van der Waals surface area contributed by atoms with Gasteiger partial charge >= 0.3 is 6.09 Å². The Bertz CT molecular complexity index is 1180. The molecule has 12 heteroatoms. The number of thiophene rings is 1. The highest BCUT2D eigenvalue weighted by Gasteiger charge is 2.28. The average Bonchev–Trinajstić information content (AvgIpc) is 3.49. The lowest BCUT2D eigenvalue weighted by atomic mass is 10.0. The molecule has 4 heterocycles. The van der Waals surface area contributed by atoms with Crippen molar-refractivity contribution in [1.29, 1.82) is 5.26 Å². The number of methoxy groups -OCH3 is 1. The second-order valence-electron chi connectivity index (χ2n) is 7.27. The Morgan fingerprint density at radius 1 is 1.45 bits per heavy atom. The van der Waals surface area contributed by atoms with Crippen LogP contribution in [0.5, 0.6) is 0 Å². The predicted molar refractivity (Wildman–Crippen MR) is 118 cm³/mol. The van der Waals surface area contributed by atoms with Gasteiger partial charge in [0.05, 0.1) is 29.0 Å². The van der Waals surface area contributed by atoms with E-state index in [0.717, 1.165) is 19.3 Å². The van der Waals surface area contributed by atoms with Gasteiger partial charge in [-0.25, -0.2) is 19.4 Å². The Labute approximate surface area is 193 Å². The Balaban J connectivity index is 1.78. The molecular formula is C21H22N6O5S. The summed E-state index contributed by atoms with van der Waals surface area (Å²) in [5.41, 5.74) is 1.03. The van der Waals surface area contributed by atoms with Crippen LogP contribution < -0.4 is 5.32 Å². The molecule has 11 nitrogen and oxygen atoms in total. The maximum atomic E-state index is 11.5. The number of pyridine rings is 1. The van der Waals surface area contributed by atoms with Gasteiger partial charge < -0.3 is 19.7 Å². The van der Waals surface area contributed by atoms with Gasteiger partial charge in [-0.15, -0.1) is 16.4 Å². The molecule has 1 saturated heterocycles. The van der Waals surface area contributed by atoms with Crippen molar-refractivity contribution < 1.29 is 24.5 Å². The van der Waals surface area contributed by atoms with Crippen molar-refractivity contribution in [3.63, 3.8) is 0 Å². The maximum absolute atomic E-state index is 11.5. The first-order chi connectivity index (χ1) is 16.0. The summed E-state index contributed by atoms with van der Waals surface area (Å²) in [7, 11) is 1.24. The third-order valence-corrected chi connectivity index (χ3v) is 6.41. The van der Waals surface area contributed by atoms with E-state index in [1.54, 1.807) is 23.1 Å². The number of carbonyl (C=O) groups excluding carboxylic acids is 1. The number of nitrogens with zero attached hydrogens (tertiary/aromatic N) is 5. The summed E-state index contributed by atoms with van der Waals surface area (Å²) in [6, 6.07) is 5.39. The molecule has 2 unspecified atom stereocenters. The monoisotopic (exact) mass is 470 g/mol. The summed E-state index contributed by atoms with van der Waals surface area (Å²) >= 11 is 1.21. The van der Waals surface area contributed by atoms with Crippen molar-refractivity contribution in [3.05, 3.63) is 35.8 Å². The molecule has 3 N–H and O–H groups in total. The topological polar surface area (TPSA) is 155 Å². The quantitative estimate of drug-likeness (QED) is 0.493. The molecule has 0 aromatic carbocycles. The Hall–Kier alpha value is -3.37. The fourth-order valence-electron chi connectivity index (χ4n) is 3.58. The largest absolute Gasteiger partial charge is 0.453 e. The number of aromatic nitrogens is 4. The lowest BCUT2D eigenvalue weighted by molar-refractivity contribution is -0.0395. The van der Waals surface area contributed by atoms with Crippen LogP contribution in [0.25, 0.3) is 21.1 Å². The van der Waals surface area contributed by atoms with Crippen molar-refractivity contribution in [1.82, 2.24) is 19.7 Å². The third-order valence-electron chi connectivity index (χ3n) is 5.16. The highest BCUT2D eigenvalue weighted by Crippen LogP contribution is 2.44. The van der Waals surface area contributed by atoms with Gasteiger partial charge in [-0.1, -0.05) is 0 Å². The van der Waals surface area contributed by atoms with Gasteiger partial charge in [0.2, 0.25) is 0 Å². The fourth-order valence-corrected chi connectivity index (χ4v) is 4.82. The molecule has 1 amide bonds. The lowest BCUT2D eigenvalue weighted by Crippen LogP contribution is -2.18. The molecular weight excluding hydrogens is 448 g/mol. The van der Waals surface area contributed by atoms with E-state index in [1.165, 1.54) is 24.6 Å². The van der Waals surface area contributed by atoms with E-state index in [0.29, 0.717) is 27.7 Å². The zero-order chi connectivity index (χ0) is 23.4. The molecule has 1 aliphatic heterocycles. The minimum atomic E-state index is -1.30. The maximum Gasteiger partial charge on any atom is 0.412 e. The molecule has 172 valence electrons. The van der Waals surface area contributed by atoms with E-state index in [9.17, 15) is 20.3 Å². The van der Waals surface area contributed by atoms with E-state index in [-0.39, 0.29) is 23.2 Å². The summed E-state index contributed by atoms with van der Waals surface area (Å²) < 4.78 is 12.0. The molecule has 3 aromatic rings. The number of hydrogen-bond donors (Lipinski definition) is 3. The van der Waals surface area contributed by atoms with Crippen LogP contribution in [-0.4, -0.2) is 56.4 Å². The molecule has 1 fully saturated rings. The first kappa shape index (κ1) is 22.8. The van der Waals surface area contributed by atoms with Crippen LogP contribution in [0.1, 0.15) is 42.7 Å². The number of anilines is 1. The molecule has 2 atom stereocenters. The summed E-state index contributed by atoms with van der Waals surface area (Å²) in [6.45, 7) is 0.0792. The molecule has 3 aromatic heterocycles. The number of nitriles is 1. The Morgan fingerprint density at radius 2 is 2.30 bits per heavy atom. The van der Waals surface area contributed by atoms with Crippen LogP contribution in [0, 0.1) is 11.3 Å². The number of ether oxygens (including phenoxy) is 2. The lowest BCUT2D eigenvalue weighted by Gasteiger charge is -2.21. The Kier molecular flexibility index (Phi) is 6.95.